The molecule has 0 saturated carbocycles. The van der Waals surface area contributed by atoms with Crippen molar-refractivity contribution < 1.29 is 10.0 Å². The molecule has 0 aliphatic heterocycles. The highest BCUT2D eigenvalue weighted by molar-refractivity contribution is 6.39. The van der Waals surface area contributed by atoms with Crippen molar-refractivity contribution in [2.45, 2.75) is 13.2 Å². The van der Waals surface area contributed by atoms with Crippen LogP contribution in [0, 0.1) is 10.1 Å². The molecule has 4 aromatic rings. The summed E-state index contributed by atoms with van der Waals surface area (Å²) in [5, 5.41) is 31.5. The standard InChI is InChI=1S/C20H14Cl2N4O3/c1-11(27)25-18-5-3-2-4-14(18)15-7-6-12(8-19(15)25)23-24-20-16(21)9-13(26(28)29)10-17(20)22/h2-11,27H,1H3/b24-23+. The molecule has 0 aliphatic rings. The number of azo groups is 1. The molecule has 1 N–H and O–H groups in total. The van der Waals surface area contributed by atoms with Crippen LogP contribution in [0.1, 0.15) is 13.2 Å². The lowest BCUT2D eigenvalue weighted by Gasteiger charge is -2.10. The van der Waals surface area contributed by atoms with Crippen LogP contribution in [-0.4, -0.2) is 14.6 Å². The van der Waals surface area contributed by atoms with Gasteiger partial charge in [0.05, 0.1) is 31.7 Å². The predicted octanol–water partition coefficient (Wildman–Crippen LogP) is 6.94. The second-order valence-electron chi connectivity index (χ2n) is 6.44. The van der Waals surface area contributed by atoms with Crippen molar-refractivity contribution in [3.63, 3.8) is 0 Å². The van der Waals surface area contributed by atoms with Gasteiger partial charge in [-0.25, -0.2) is 0 Å². The average molecular weight is 429 g/mol. The van der Waals surface area contributed by atoms with E-state index in [4.69, 9.17) is 23.2 Å². The molecule has 9 heteroatoms. The molecule has 3 aromatic carbocycles. The van der Waals surface area contributed by atoms with Crippen molar-refractivity contribution in [1.29, 1.82) is 0 Å². The monoisotopic (exact) mass is 428 g/mol. The molecule has 0 aliphatic carbocycles. The third-order valence-electron chi connectivity index (χ3n) is 4.55. The minimum atomic E-state index is -0.733. The van der Waals surface area contributed by atoms with E-state index in [-0.39, 0.29) is 21.4 Å². The molecule has 1 aromatic heterocycles. The van der Waals surface area contributed by atoms with Crippen LogP contribution in [0.15, 0.2) is 64.8 Å². The minimum absolute atomic E-state index is 0.0344. The number of rotatable bonds is 4. The van der Waals surface area contributed by atoms with Gasteiger partial charge in [0.15, 0.2) is 0 Å². The largest absolute Gasteiger partial charge is 0.374 e. The van der Waals surface area contributed by atoms with Gasteiger partial charge in [0.1, 0.15) is 11.9 Å². The first-order valence-electron chi connectivity index (χ1n) is 8.62. The van der Waals surface area contributed by atoms with Crippen LogP contribution in [0.2, 0.25) is 10.0 Å². The van der Waals surface area contributed by atoms with Gasteiger partial charge in [0.2, 0.25) is 0 Å². The highest BCUT2D eigenvalue weighted by Gasteiger charge is 2.16. The van der Waals surface area contributed by atoms with E-state index in [1.807, 2.05) is 34.9 Å². The molecule has 0 fully saturated rings. The number of non-ortho nitro benzene ring substituents is 1. The topological polar surface area (TPSA) is 93.0 Å². The molecule has 29 heavy (non-hydrogen) atoms. The lowest BCUT2D eigenvalue weighted by molar-refractivity contribution is -0.384. The number of benzene rings is 3. The first-order valence-corrected chi connectivity index (χ1v) is 9.38. The number of aliphatic hydroxyl groups excluding tert-OH is 1. The van der Waals surface area contributed by atoms with E-state index >= 15 is 0 Å². The van der Waals surface area contributed by atoms with Gasteiger partial charge in [-0.15, -0.1) is 5.11 Å². The van der Waals surface area contributed by atoms with Gasteiger partial charge >= 0.3 is 0 Å². The summed E-state index contributed by atoms with van der Waals surface area (Å²) in [5.41, 5.74) is 2.16. The van der Waals surface area contributed by atoms with E-state index in [0.717, 1.165) is 21.8 Å². The summed E-state index contributed by atoms with van der Waals surface area (Å²) < 4.78 is 1.82. The molecule has 1 heterocycles. The zero-order chi connectivity index (χ0) is 20.7. The van der Waals surface area contributed by atoms with Crippen LogP contribution in [-0.2, 0) is 0 Å². The summed E-state index contributed by atoms with van der Waals surface area (Å²) in [5.74, 6) is 0. The van der Waals surface area contributed by atoms with E-state index < -0.39 is 11.2 Å². The quantitative estimate of drug-likeness (QED) is 0.216. The number of fused-ring (bicyclic) bond motifs is 3. The molecule has 7 nitrogen and oxygen atoms in total. The van der Waals surface area contributed by atoms with Gasteiger partial charge < -0.3 is 9.67 Å². The second kappa shape index (κ2) is 7.44. The Bertz CT molecular complexity index is 1270. The summed E-state index contributed by atoms with van der Waals surface area (Å²) in [7, 11) is 0. The zero-order valence-corrected chi connectivity index (χ0v) is 16.6. The van der Waals surface area contributed by atoms with E-state index in [0.29, 0.717) is 5.69 Å². The van der Waals surface area contributed by atoms with Crippen molar-refractivity contribution in [3.8, 4) is 0 Å². The molecular formula is C20H14Cl2N4O3. The molecule has 0 radical (unpaired) electrons. The number of aliphatic hydroxyl groups is 1. The Morgan fingerprint density at radius 3 is 2.31 bits per heavy atom. The first-order chi connectivity index (χ1) is 13.9. The van der Waals surface area contributed by atoms with Gasteiger partial charge in [-0.05, 0) is 31.2 Å². The summed E-state index contributed by atoms with van der Waals surface area (Å²) in [6, 6.07) is 15.7. The normalized spacial score (nSPS) is 12.8. The van der Waals surface area contributed by atoms with Crippen LogP contribution >= 0.6 is 23.2 Å². The third kappa shape index (κ3) is 3.44. The van der Waals surface area contributed by atoms with Crippen LogP contribution in [0.3, 0.4) is 0 Å². The van der Waals surface area contributed by atoms with E-state index in [1.54, 1.807) is 19.1 Å². The van der Waals surface area contributed by atoms with Crippen LogP contribution in [0.25, 0.3) is 21.8 Å². The van der Waals surface area contributed by atoms with Crippen molar-refractivity contribution in [2.75, 3.05) is 0 Å². The van der Waals surface area contributed by atoms with Crippen molar-refractivity contribution in [2.24, 2.45) is 10.2 Å². The van der Waals surface area contributed by atoms with E-state index in [9.17, 15) is 15.2 Å². The Kier molecular flexibility index (Phi) is 4.96. The Labute approximate surface area is 175 Å². The van der Waals surface area contributed by atoms with E-state index in [2.05, 4.69) is 10.2 Å². The third-order valence-corrected chi connectivity index (χ3v) is 5.12. The number of nitrogens with zero attached hydrogens (tertiary/aromatic N) is 4. The molecule has 1 atom stereocenters. The number of hydrogen-bond donors (Lipinski definition) is 1. The second-order valence-corrected chi connectivity index (χ2v) is 7.25. The Morgan fingerprint density at radius 2 is 1.66 bits per heavy atom. The lowest BCUT2D eigenvalue weighted by Crippen LogP contribution is -2.02. The maximum atomic E-state index is 10.9. The van der Waals surface area contributed by atoms with Gasteiger partial charge in [-0.3, -0.25) is 10.1 Å². The SMILES string of the molecule is CC(O)n1c2ccccc2c2ccc(/N=N/c3c(Cl)cc([N+](=O)[O-])cc3Cl)cc21. The van der Waals surface area contributed by atoms with Gasteiger partial charge in [-0.1, -0.05) is 41.4 Å². The van der Waals surface area contributed by atoms with Gasteiger partial charge in [-0.2, -0.15) is 5.11 Å². The Morgan fingerprint density at radius 1 is 1.00 bits per heavy atom. The molecule has 0 amide bonds. The van der Waals surface area contributed by atoms with Crippen molar-refractivity contribution in [1.82, 2.24) is 4.57 Å². The highest BCUT2D eigenvalue weighted by Crippen LogP contribution is 2.38. The summed E-state index contributed by atoms with van der Waals surface area (Å²) >= 11 is 12.2. The number of halogens is 2. The first kappa shape index (κ1) is 19.3. The van der Waals surface area contributed by atoms with Gasteiger partial charge in [0.25, 0.3) is 5.69 Å². The van der Waals surface area contributed by atoms with Crippen molar-refractivity contribution >= 4 is 62.1 Å². The fraction of sp³-hybridized carbons (Fsp3) is 0.100. The van der Waals surface area contributed by atoms with Crippen molar-refractivity contribution in [3.05, 3.63) is 74.8 Å². The Hall–Kier alpha value is -3.00. The van der Waals surface area contributed by atoms with Gasteiger partial charge in [0, 0.05) is 22.9 Å². The molecule has 0 saturated heterocycles. The van der Waals surface area contributed by atoms with Crippen LogP contribution in [0.5, 0.6) is 0 Å². The predicted molar refractivity (Wildman–Crippen MR) is 114 cm³/mol. The maximum Gasteiger partial charge on any atom is 0.272 e. The molecule has 0 spiro atoms. The fourth-order valence-corrected chi connectivity index (χ4v) is 3.87. The number of aromatic nitrogens is 1. The summed E-state index contributed by atoms with van der Waals surface area (Å²) in [4.78, 5) is 10.3. The summed E-state index contributed by atoms with van der Waals surface area (Å²) in [6.07, 6.45) is -0.733. The zero-order valence-electron chi connectivity index (χ0n) is 15.1. The minimum Gasteiger partial charge on any atom is -0.374 e. The molecular weight excluding hydrogens is 415 g/mol. The number of nitro benzene ring substituents is 1. The molecule has 146 valence electrons. The summed E-state index contributed by atoms with van der Waals surface area (Å²) in [6.45, 7) is 1.69. The highest BCUT2D eigenvalue weighted by atomic mass is 35.5. The Balaban J connectivity index is 1.81. The smallest absolute Gasteiger partial charge is 0.272 e. The lowest BCUT2D eigenvalue weighted by atomic mass is 10.1. The number of nitro groups is 1. The molecule has 1 unspecified atom stereocenters. The van der Waals surface area contributed by atoms with Crippen LogP contribution < -0.4 is 0 Å². The molecule has 0 bridgehead atoms. The fourth-order valence-electron chi connectivity index (χ4n) is 3.31. The van der Waals surface area contributed by atoms with E-state index in [1.165, 1.54) is 12.1 Å². The molecule has 4 rings (SSSR count). The number of para-hydroxylation sites is 1. The van der Waals surface area contributed by atoms with Crippen LogP contribution in [0.4, 0.5) is 17.1 Å². The number of hydrogen-bond acceptors (Lipinski definition) is 5. The maximum absolute atomic E-state index is 10.9. The average Bonchev–Trinajstić information content (AvgIpc) is 3.01.